The average Bonchev–Trinajstić information content (AvgIpc) is 2.94. The van der Waals surface area contributed by atoms with Crippen molar-refractivity contribution >= 4 is 17.4 Å². The molecule has 0 unspecified atom stereocenters. The number of fused-ring (bicyclic) bond motifs is 1. The lowest BCUT2D eigenvalue weighted by Gasteiger charge is -2.31. The van der Waals surface area contributed by atoms with Crippen LogP contribution in [0.4, 0.5) is 11.6 Å². The molecular formula is C17H15N3O4. The summed E-state index contributed by atoms with van der Waals surface area (Å²) in [6, 6.07) is 6.34. The Morgan fingerprint density at radius 3 is 2.75 bits per heavy atom. The highest BCUT2D eigenvalue weighted by Crippen LogP contribution is 2.46. The molecule has 1 aromatic heterocycles. The van der Waals surface area contributed by atoms with Crippen LogP contribution in [0.15, 0.2) is 40.1 Å². The third kappa shape index (κ3) is 2.12. The lowest BCUT2D eigenvalue weighted by molar-refractivity contribution is -0.384. The van der Waals surface area contributed by atoms with Gasteiger partial charge in [0, 0.05) is 35.7 Å². The Kier molecular flexibility index (Phi) is 3.23. The van der Waals surface area contributed by atoms with Crippen LogP contribution in [0.25, 0.3) is 0 Å². The van der Waals surface area contributed by atoms with E-state index in [9.17, 15) is 14.9 Å². The number of nitro groups is 1. The molecule has 7 heteroatoms. The Morgan fingerprint density at radius 2 is 2.04 bits per heavy atom. The molecule has 0 amide bonds. The van der Waals surface area contributed by atoms with Crippen molar-refractivity contribution in [3.05, 3.63) is 62.5 Å². The van der Waals surface area contributed by atoms with Gasteiger partial charge in [0.05, 0.1) is 16.2 Å². The summed E-state index contributed by atoms with van der Waals surface area (Å²) >= 11 is 0. The number of anilines is 1. The van der Waals surface area contributed by atoms with Gasteiger partial charge in [0.25, 0.3) is 5.69 Å². The maximum atomic E-state index is 12.6. The predicted octanol–water partition coefficient (Wildman–Crippen LogP) is 3.46. The van der Waals surface area contributed by atoms with Gasteiger partial charge in [-0.2, -0.15) is 0 Å². The molecule has 0 spiro atoms. The molecule has 0 saturated heterocycles. The Labute approximate surface area is 137 Å². The van der Waals surface area contributed by atoms with Crippen molar-refractivity contribution in [2.24, 2.45) is 0 Å². The summed E-state index contributed by atoms with van der Waals surface area (Å²) in [7, 11) is 0. The first-order valence-electron chi connectivity index (χ1n) is 7.80. The number of nitrogens with one attached hydrogen (secondary N) is 1. The zero-order valence-electron chi connectivity index (χ0n) is 13.0. The van der Waals surface area contributed by atoms with Crippen LogP contribution in [0.5, 0.6) is 0 Å². The Balaban J connectivity index is 1.89. The maximum Gasteiger partial charge on any atom is 0.269 e. The molecule has 1 aliphatic heterocycles. The number of benzene rings is 1. The second-order valence-electron chi connectivity index (χ2n) is 6.09. The van der Waals surface area contributed by atoms with E-state index in [4.69, 9.17) is 4.52 Å². The molecule has 0 bridgehead atoms. The topological polar surface area (TPSA) is 98.3 Å². The van der Waals surface area contributed by atoms with Gasteiger partial charge in [-0.05, 0) is 25.3 Å². The minimum atomic E-state index is -0.432. The van der Waals surface area contributed by atoms with E-state index in [0.29, 0.717) is 18.0 Å². The van der Waals surface area contributed by atoms with Gasteiger partial charge in [0.2, 0.25) is 5.88 Å². The zero-order valence-corrected chi connectivity index (χ0v) is 13.0. The second kappa shape index (κ2) is 5.30. The first-order valence-corrected chi connectivity index (χ1v) is 7.80. The van der Waals surface area contributed by atoms with Crippen LogP contribution in [0.3, 0.4) is 0 Å². The smallest absolute Gasteiger partial charge is 0.269 e. The summed E-state index contributed by atoms with van der Waals surface area (Å²) < 4.78 is 5.37. The lowest BCUT2D eigenvalue weighted by atomic mass is 9.76. The van der Waals surface area contributed by atoms with Crippen LogP contribution in [-0.4, -0.2) is 15.9 Å². The molecule has 0 saturated carbocycles. The third-order valence-electron chi connectivity index (χ3n) is 4.64. The summed E-state index contributed by atoms with van der Waals surface area (Å²) in [6.45, 7) is 1.83. The minimum absolute atomic E-state index is 0.0270. The predicted molar refractivity (Wildman–Crippen MR) is 85.7 cm³/mol. The average molecular weight is 325 g/mol. The summed E-state index contributed by atoms with van der Waals surface area (Å²) in [5.41, 5.74) is 4.01. The first kappa shape index (κ1) is 14.6. The van der Waals surface area contributed by atoms with E-state index < -0.39 is 4.92 Å². The number of allylic oxidation sites excluding steroid dienone is 2. The highest BCUT2D eigenvalue weighted by molar-refractivity contribution is 6.00. The maximum absolute atomic E-state index is 12.6. The van der Waals surface area contributed by atoms with Crippen LogP contribution in [0, 0.1) is 17.0 Å². The molecule has 2 heterocycles. The van der Waals surface area contributed by atoms with Gasteiger partial charge in [-0.25, -0.2) is 0 Å². The lowest BCUT2D eigenvalue weighted by Crippen LogP contribution is -2.26. The monoisotopic (exact) mass is 325 g/mol. The highest BCUT2D eigenvalue weighted by atomic mass is 16.6. The summed E-state index contributed by atoms with van der Waals surface area (Å²) in [4.78, 5) is 23.0. The molecule has 0 fully saturated rings. The normalized spacial score (nSPS) is 19.5. The molecule has 7 nitrogen and oxygen atoms in total. The zero-order chi connectivity index (χ0) is 16.8. The molecule has 122 valence electrons. The molecule has 1 N–H and O–H groups in total. The van der Waals surface area contributed by atoms with Gasteiger partial charge in [-0.3, -0.25) is 14.9 Å². The fourth-order valence-electron chi connectivity index (χ4n) is 3.54. The van der Waals surface area contributed by atoms with E-state index in [1.807, 2.05) is 6.92 Å². The molecule has 2 aromatic rings. The van der Waals surface area contributed by atoms with Crippen molar-refractivity contribution in [3.8, 4) is 0 Å². The quantitative estimate of drug-likeness (QED) is 0.670. The van der Waals surface area contributed by atoms with Crippen LogP contribution >= 0.6 is 0 Å². The molecule has 2 aliphatic rings. The molecular weight excluding hydrogens is 310 g/mol. The molecule has 4 rings (SSSR count). The number of Topliss-reactive ketones (excluding diaryl/α,β-unsaturated/α-hetero) is 1. The second-order valence-corrected chi connectivity index (χ2v) is 6.09. The summed E-state index contributed by atoms with van der Waals surface area (Å²) in [6.07, 6.45) is 2.10. The Bertz CT molecular complexity index is 880. The number of nitro benzene ring substituents is 1. The van der Waals surface area contributed by atoms with Crippen LogP contribution < -0.4 is 5.32 Å². The van der Waals surface area contributed by atoms with Crippen LogP contribution in [0.1, 0.15) is 42.0 Å². The van der Waals surface area contributed by atoms with E-state index in [2.05, 4.69) is 10.5 Å². The van der Waals surface area contributed by atoms with Gasteiger partial charge in [0.15, 0.2) is 5.78 Å². The Morgan fingerprint density at radius 1 is 1.29 bits per heavy atom. The first-order chi connectivity index (χ1) is 11.6. The number of hydrogen-bond donors (Lipinski definition) is 1. The molecule has 1 aromatic carbocycles. The van der Waals surface area contributed by atoms with Crippen molar-refractivity contribution < 1.29 is 14.2 Å². The van der Waals surface area contributed by atoms with E-state index >= 15 is 0 Å². The molecule has 0 radical (unpaired) electrons. The number of carbonyl (C=O) groups is 1. The SMILES string of the molecule is Cc1noc2c1[C@H](c1ccc([N+](=O)[O-])cc1)C1=C(CCCC1=O)N2. The van der Waals surface area contributed by atoms with Gasteiger partial charge >= 0.3 is 0 Å². The minimum Gasteiger partial charge on any atom is -0.338 e. The van der Waals surface area contributed by atoms with E-state index in [0.717, 1.165) is 35.2 Å². The number of rotatable bonds is 2. The number of aromatic nitrogens is 1. The van der Waals surface area contributed by atoms with Crippen molar-refractivity contribution in [1.29, 1.82) is 0 Å². The van der Waals surface area contributed by atoms with E-state index in [1.54, 1.807) is 12.1 Å². The van der Waals surface area contributed by atoms with E-state index in [1.165, 1.54) is 12.1 Å². The van der Waals surface area contributed by atoms with Crippen molar-refractivity contribution in [2.75, 3.05) is 5.32 Å². The number of carbonyl (C=O) groups excluding carboxylic acids is 1. The summed E-state index contributed by atoms with van der Waals surface area (Å²) in [5, 5.41) is 18.1. The summed E-state index contributed by atoms with van der Waals surface area (Å²) in [5.74, 6) is 0.374. The van der Waals surface area contributed by atoms with Crippen molar-refractivity contribution in [3.63, 3.8) is 0 Å². The van der Waals surface area contributed by atoms with Crippen molar-refractivity contribution in [1.82, 2.24) is 5.16 Å². The van der Waals surface area contributed by atoms with Crippen LogP contribution in [0.2, 0.25) is 0 Å². The number of ketones is 1. The number of hydrogen-bond acceptors (Lipinski definition) is 6. The number of non-ortho nitro benzene ring substituents is 1. The van der Waals surface area contributed by atoms with Crippen LogP contribution in [-0.2, 0) is 4.79 Å². The largest absolute Gasteiger partial charge is 0.338 e. The number of aryl methyl sites for hydroxylation is 1. The standard InChI is InChI=1S/C17H15N3O4/c1-9-14-15(10-5-7-11(8-6-10)20(22)23)16-12(3-2-4-13(16)21)18-17(14)24-19-9/h5-8,15,18H,2-4H2,1H3/t15-/m0/s1. The van der Waals surface area contributed by atoms with Crippen molar-refractivity contribution in [2.45, 2.75) is 32.1 Å². The van der Waals surface area contributed by atoms with Gasteiger partial charge < -0.3 is 9.84 Å². The van der Waals surface area contributed by atoms with Gasteiger partial charge in [-0.1, -0.05) is 17.3 Å². The Hall–Kier alpha value is -2.96. The molecule has 1 atom stereocenters. The van der Waals surface area contributed by atoms with E-state index in [-0.39, 0.29) is 17.4 Å². The highest BCUT2D eigenvalue weighted by Gasteiger charge is 2.38. The third-order valence-corrected chi connectivity index (χ3v) is 4.64. The molecule has 24 heavy (non-hydrogen) atoms. The fourth-order valence-corrected chi connectivity index (χ4v) is 3.54. The molecule has 1 aliphatic carbocycles. The van der Waals surface area contributed by atoms with Gasteiger partial charge in [-0.15, -0.1) is 0 Å². The number of nitrogens with zero attached hydrogens (tertiary/aromatic N) is 2. The fraction of sp³-hybridized carbons (Fsp3) is 0.294. The van der Waals surface area contributed by atoms with Gasteiger partial charge in [0.1, 0.15) is 0 Å².